The number of carbonyl (C=O) groups excluding carboxylic acids is 1. The van der Waals surface area contributed by atoms with E-state index in [1.54, 1.807) is 35.2 Å². The van der Waals surface area contributed by atoms with Crippen LogP contribution in [0, 0.1) is 6.92 Å². The number of carboxylic acid groups (broad SMARTS) is 1. The second-order valence-corrected chi connectivity index (χ2v) is 8.01. The Balaban J connectivity index is 2.03. The monoisotopic (exact) mass is 364 g/mol. The first-order valence-corrected chi connectivity index (χ1v) is 9.23. The lowest BCUT2D eigenvalue weighted by molar-refractivity contribution is -0.147. The molecule has 0 aliphatic rings. The average Bonchev–Trinajstić information content (AvgIpc) is 2.97. The highest BCUT2D eigenvalue weighted by Gasteiger charge is 2.35. The van der Waals surface area contributed by atoms with Crippen LogP contribution in [0.2, 0.25) is 0 Å². The third-order valence-electron chi connectivity index (χ3n) is 3.82. The van der Waals surface area contributed by atoms with E-state index in [1.165, 1.54) is 25.8 Å². The number of carboxylic acids is 1. The number of hydrogen-bond acceptors (Lipinski definition) is 5. The van der Waals surface area contributed by atoms with Crippen LogP contribution in [0.25, 0.3) is 0 Å². The normalized spacial score (nSPS) is 11.3. The second-order valence-electron chi connectivity index (χ2n) is 5.90. The number of aliphatic carboxylic acids is 1. The number of thioether (sulfide) groups is 1. The quantitative estimate of drug-likeness (QED) is 0.792. The molecule has 0 spiro atoms. The number of nitrogens with zero attached hydrogens (tertiary/aromatic N) is 2. The van der Waals surface area contributed by atoms with Gasteiger partial charge in [-0.25, -0.2) is 9.78 Å². The standard InChI is InChI=1S/C17H20N2O3S2/c1-11-18-13(9-23-11)10-24-14-7-5-12(6-8-14)15(20)19(4)17(2,3)16(21)22/h5-9H,10H2,1-4H3,(H,21,22). The first kappa shape index (κ1) is 18.5. The third-order valence-corrected chi connectivity index (χ3v) is 5.69. The van der Waals surface area contributed by atoms with Gasteiger partial charge in [-0.1, -0.05) is 0 Å². The number of likely N-dealkylation sites (N-methyl/N-ethyl adjacent to an activating group) is 1. The van der Waals surface area contributed by atoms with Gasteiger partial charge in [0.15, 0.2) is 0 Å². The number of rotatable bonds is 6. The lowest BCUT2D eigenvalue weighted by atomic mass is 10.0. The molecular weight excluding hydrogens is 344 g/mol. The molecule has 2 aromatic rings. The minimum Gasteiger partial charge on any atom is -0.480 e. The smallest absolute Gasteiger partial charge is 0.329 e. The molecule has 0 atom stereocenters. The van der Waals surface area contributed by atoms with Gasteiger partial charge >= 0.3 is 5.97 Å². The Bertz CT molecular complexity index is 739. The van der Waals surface area contributed by atoms with Gasteiger partial charge in [-0.3, -0.25) is 4.79 Å². The largest absolute Gasteiger partial charge is 0.480 e. The van der Waals surface area contributed by atoms with Gasteiger partial charge in [0.05, 0.1) is 10.7 Å². The first-order valence-electron chi connectivity index (χ1n) is 7.37. The summed E-state index contributed by atoms with van der Waals surface area (Å²) in [6, 6.07) is 7.20. The molecule has 1 amide bonds. The van der Waals surface area contributed by atoms with E-state index in [9.17, 15) is 14.7 Å². The zero-order valence-electron chi connectivity index (χ0n) is 14.1. The van der Waals surface area contributed by atoms with Gasteiger partial charge < -0.3 is 10.0 Å². The Labute approximate surface area is 149 Å². The summed E-state index contributed by atoms with van der Waals surface area (Å²) in [6.45, 7) is 4.99. The molecule has 2 rings (SSSR count). The van der Waals surface area contributed by atoms with Crippen LogP contribution in [0.4, 0.5) is 0 Å². The van der Waals surface area contributed by atoms with Crippen LogP contribution >= 0.6 is 23.1 Å². The number of hydrogen-bond donors (Lipinski definition) is 1. The molecule has 128 valence electrons. The Morgan fingerprint density at radius 1 is 1.29 bits per heavy atom. The summed E-state index contributed by atoms with van der Waals surface area (Å²) < 4.78 is 0. The molecule has 1 N–H and O–H groups in total. The topological polar surface area (TPSA) is 70.5 Å². The molecule has 0 aliphatic carbocycles. The highest BCUT2D eigenvalue weighted by Crippen LogP contribution is 2.24. The van der Waals surface area contributed by atoms with Crippen molar-refractivity contribution >= 4 is 35.0 Å². The van der Waals surface area contributed by atoms with E-state index in [4.69, 9.17) is 0 Å². The third kappa shape index (κ3) is 4.15. The van der Waals surface area contributed by atoms with Crippen molar-refractivity contribution in [2.45, 2.75) is 37.0 Å². The summed E-state index contributed by atoms with van der Waals surface area (Å²) in [4.78, 5) is 30.4. The maximum absolute atomic E-state index is 12.4. The molecule has 5 nitrogen and oxygen atoms in total. The van der Waals surface area contributed by atoms with Gasteiger partial charge in [0, 0.05) is 28.6 Å². The molecule has 0 saturated heterocycles. The van der Waals surface area contributed by atoms with Gasteiger partial charge in [-0.2, -0.15) is 0 Å². The highest BCUT2D eigenvalue weighted by atomic mass is 32.2. The number of thiazole rings is 1. The molecule has 0 unspecified atom stereocenters. The second kappa shape index (κ2) is 7.36. The van der Waals surface area contributed by atoms with Gasteiger partial charge in [0.2, 0.25) is 0 Å². The Morgan fingerprint density at radius 3 is 2.42 bits per heavy atom. The predicted molar refractivity (Wildman–Crippen MR) is 96.7 cm³/mol. The molecule has 0 fully saturated rings. The van der Waals surface area contributed by atoms with E-state index < -0.39 is 11.5 Å². The number of carbonyl (C=O) groups is 2. The van der Waals surface area contributed by atoms with Crippen molar-refractivity contribution in [3.63, 3.8) is 0 Å². The van der Waals surface area contributed by atoms with E-state index in [-0.39, 0.29) is 5.91 Å². The van der Waals surface area contributed by atoms with E-state index in [0.29, 0.717) is 5.56 Å². The van der Waals surface area contributed by atoms with E-state index in [0.717, 1.165) is 21.3 Å². The van der Waals surface area contributed by atoms with Gasteiger partial charge in [0.25, 0.3) is 5.91 Å². The summed E-state index contributed by atoms with van der Waals surface area (Å²) in [5.41, 5.74) is 0.263. The van der Waals surface area contributed by atoms with E-state index in [1.807, 2.05) is 24.4 Å². The molecule has 1 aromatic carbocycles. The molecule has 0 aliphatic heterocycles. The van der Waals surface area contributed by atoms with Crippen molar-refractivity contribution in [1.29, 1.82) is 0 Å². The summed E-state index contributed by atoms with van der Waals surface area (Å²) in [7, 11) is 1.50. The van der Waals surface area contributed by atoms with Crippen molar-refractivity contribution < 1.29 is 14.7 Å². The fourth-order valence-electron chi connectivity index (χ4n) is 1.92. The lowest BCUT2D eigenvalue weighted by Gasteiger charge is -2.31. The van der Waals surface area contributed by atoms with E-state index >= 15 is 0 Å². The molecule has 0 radical (unpaired) electrons. The van der Waals surface area contributed by atoms with Crippen molar-refractivity contribution in [2.75, 3.05) is 7.05 Å². The molecular formula is C17H20N2O3S2. The number of aromatic nitrogens is 1. The van der Waals surface area contributed by atoms with Gasteiger partial charge in [-0.15, -0.1) is 23.1 Å². The summed E-state index contributed by atoms with van der Waals surface area (Å²) in [5.74, 6) is -0.568. The van der Waals surface area contributed by atoms with Crippen LogP contribution in [0.15, 0.2) is 34.5 Å². The number of amides is 1. The molecule has 1 aromatic heterocycles. The average molecular weight is 364 g/mol. The predicted octanol–water partition coefficient (Wildman–Crippen LogP) is 3.68. The van der Waals surface area contributed by atoms with Crippen LogP contribution in [0.5, 0.6) is 0 Å². The van der Waals surface area contributed by atoms with Crippen LogP contribution in [-0.2, 0) is 10.5 Å². The Morgan fingerprint density at radius 2 is 1.92 bits per heavy atom. The Kier molecular flexibility index (Phi) is 5.66. The molecule has 1 heterocycles. The SMILES string of the molecule is Cc1nc(CSc2ccc(C(=O)N(C)C(C)(C)C(=O)O)cc2)cs1. The van der Waals surface area contributed by atoms with Crippen molar-refractivity contribution in [1.82, 2.24) is 9.88 Å². The molecule has 0 bridgehead atoms. The fourth-order valence-corrected chi connectivity index (χ4v) is 3.43. The zero-order valence-corrected chi connectivity index (χ0v) is 15.7. The van der Waals surface area contributed by atoms with Crippen molar-refractivity contribution in [2.24, 2.45) is 0 Å². The van der Waals surface area contributed by atoms with Crippen LogP contribution in [-0.4, -0.2) is 39.5 Å². The maximum Gasteiger partial charge on any atom is 0.329 e. The first-order chi connectivity index (χ1) is 11.2. The Hall–Kier alpha value is -1.86. The van der Waals surface area contributed by atoms with Gasteiger partial charge in [-0.05, 0) is 45.0 Å². The summed E-state index contributed by atoms with van der Waals surface area (Å²) in [6.07, 6.45) is 0. The van der Waals surface area contributed by atoms with Crippen molar-refractivity contribution in [3.05, 3.63) is 45.9 Å². The van der Waals surface area contributed by atoms with Crippen LogP contribution in [0.3, 0.4) is 0 Å². The molecule has 24 heavy (non-hydrogen) atoms. The molecule has 0 saturated carbocycles. The molecule has 7 heteroatoms. The van der Waals surface area contributed by atoms with Crippen LogP contribution in [0.1, 0.15) is 34.9 Å². The van der Waals surface area contributed by atoms with Gasteiger partial charge in [0.1, 0.15) is 5.54 Å². The lowest BCUT2D eigenvalue weighted by Crippen LogP contribution is -2.50. The van der Waals surface area contributed by atoms with Crippen molar-refractivity contribution in [3.8, 4) is 0 Å². The minimum atomic E-state index is -1.26. The number of aryl methyl sites for hydroxylation is 1. The number of benzene rings is 1. The fraction of sp³-hybridized carbons (Fsp3) is 0.353. The summed E-state index contributed by atoms with van der Waals surface area (Å²) in [5, 5.41) is 12.3. The maximum atomic E-state index is 12.4. The summed E-state index contributed by atoms with van der Waals surface area (Å²) >= 11 is 3.28. The minimum absolute atomic E-state index is 0.311. The zero-order chi connectivity index (χ0) is 17.9. The van der Waals surface area contributed by atoms with E-state index in [2.05, 4.69) is 4.98 Å². The highest BCUT2D eigenvalue weighted by molar-refractivity contribution is 7.98. The van der Waals surface area contributed by atoms with Crippen LogP contribution < -0.4 is 0 Å².